The summed E-state index contributed by atoms with van der Waals surface area (Å²) >= 11 is 0. The molecule has 1 aliphatic heterocycles. The van der Waals surface area contributed by atoms with Crippen LogP contribution in [0.25, 0.3) is 0 Å². The summed E-state index contributed by atoms with van der Waals surface area (Å²) in [6.07, 6.45) is 7.25. The van der Waals surface area contributed by atoms with Gasteiger partial charge in [0.05, 0.1) is 16.6 Å². The molecule has 152 valence electrons. The summed E-state index contributed by atoms with van der Waals surface area (Å²) in [7, 11) is -2.17. The molecular weight excluding hydrogens is 372 g/mol. The lowest BCUT2D eigenvalue weighted by atomic mass is 9.96. The Kier molecular flexibility index (Phi) is 6.62. The van der Waals surface area contributed by atoms with Gasteiger partial charge in [-0.2, -0.15) is 0 Å². The number of aromatic hydroxyl groups is 1. The SMILES string of the molecule is CCCCCCCCNC1c2ccccc2N(C)S(=O)(=O)c2cc(O)ccc21. The zero-order valence-corrected chi connectivity index (χ0v) is 17.5. The summed E-state index contributed by atoms with van der Waals surface area (Å²) in [5.41, 5.74) is 2.28. The van der Waals surface area contributed by atoms with Crippen molar-refractivity contribution in [2.24, 2.45) is 0 Å². The minimum Gasteiger partial charge on any atom is -0.508 e. The topological polar surface area (TPSA) is 69.6 Å². The summed E-state index contributed by atoms with van der Waals surface area (Å²) in [5.74, 6) is -0.0450. The minimum atomic E-state index is -3.74. The van der Waals surface area contributed by atoms with Crippen LogP contribution in [0.1, 0.15) is 62.6 Å². The fourth-order valence-corrected chi connectivity index (χ4v) is 5.29. The maximum absolute atomic E-state index is 13.1. The molecule has 2 aromatic rings. The largest absolute Gasteiger partial charge is 0.508 e. The zero-order valence-electron chi connectivity index (χ0n) is 16.7. The first-order valence-electron chi connectivity index (χ1n) is 10.1. The molecule has 1 atom stereocenters. The predicted octanol–water partition coefficient (Wildman–Crippen LogP) is 4.57. The number of phenols is 1. The fraction of sp³-hybridized carbons (Fsp3) is 0.455. The first-order valence-corrected chi connectivity index (χ1v) is 11.5. The lowest BCUT2D eigenvalue weighted by Crippen LogP contribution is -2.26. The van der Waals surface area contributed by atoms with E-state index in [1.807, 2.05) is 24.3 Å². The molecule has 5 nitrogen and oxygen atoms in total. The first kappa shape index (κ1) is 20.7. The number of nitrogens with one attached hydrogen (secondary N) is 1. The second kappa shape index (κ2) is 8.97. The van der Waals surface area contributed by atoms with Gasteiger partial charge in [0.2, 0.25) is 0 Å². The van der Waals surface area contributed by atoms with Crippen LogP contribution in [0.3, 0.4) is 0 Å². The third kappa shape index (κ3) is 4.18. The van der Waals surface area contributed by atoms with Crippen LogP contribution in [0.4, 0.5) is 5.69 Å². The maximum atomic E-state index is 13.1. The van der Waals surface area contributed by atoms with Gasteiger partial charge in [-0.3, -0.25) is 4.31 Å². The summed E-state index contributed by atoms with van der Waals surface area (Å²) in [6, 6.07) is 12.0. The first-order chi connectivity index (χ1) is 13.5. The Hall–Kier alpha value is -2.05. The maximum Gasteiger partial charge on any atom is 0.264 e. The number of unbranched alkanes of at least 4 members (excludes halogenated alkanes) is 5. The van der Waals surface area contributed by atoms with E-state index in [1.165, 1.54) is 42.5 Å². The van der Waals surface area contributed by atoms with Crippen molar-refractivity contribution in [3.05, 3.63) is 53.6 Å². The van der Waals surface area contributed by atoms with Gasteiger partial charge >= 0.3 is 0 Å². The molecule has 0 aromatic heterocycles. The highest BCUT2D eigenvalue weighted by molar-refractivity contribution is 7.92. The van der Waals surface area contributed by atoms with Gasteiger partial charge in [-0.05, 0) is 36.2 Å². The number of hydrogen-bond acceptors (Lipinski definition) is 4. The summed E-state index contributed by atoms with van der Waals surface area (Å²) in [4.78, 5) is 0.159. The highest BCUT2D eigenvalue weighted by atomic mass is 32.2. The third-order valence-electron chi connectivity index (χ3n) is 5.41. The molecule has 2 aromatic carbocycles. The lowest BCUT2D eigenvalue weighted by Gasteiger charge is -2.22. The van der Waals surface area contributed by atoms with Crippen molar-refractivity contribution in [3.63, 3.8) is 0 Å². The Labute approximate surface area is 168 Å². The number of rotatable bonds is 8. The van der Waals surface area contributed by atoms with Crippen LogP contribution >= 0.6 is 0 Å². The van der Waals surface area contributed by atoms with Gasteiger partial charge in [-0.25, -0.2) is 8.42 Å². The number of benzene rings is 2. The van der Waals surface area contributed by atoms with Crippen molar-refractivity contribution in [2.75, 3.05) is 17.9 Å². The highest BCUT2D eigenvalue weighted by Crippen LogP contribution is 2.40. The van der Waals surface area contributed by atoms with Gasteiger partial charge in [0.25, 0.3) is 10.0 Å². The van der Waals surface area contributed by atoms with Gasteiger partial charge in [-0.1, -0.05) is 63.3 Å². The van der Waals surface area contributed by atoms with Gasteiger partial charge < -0.3 is 10.4 Å². The highest BCUT2D eigenvalue weighted by Gasteiger charge is 2.34. The van der Waals surface area contributed by atoms with Crippen molar-refractivity contribution in [2.45, 2.75) is 56.4 Å². The Morgan fingerprint density at radius 3 is 2.50 bits per heavy atom. The summed E-state index contributed by atoms with van der Waals surface area (Å²) in [5, 5.41) is 13.5. The number of nitrogens with zero attached hydrogens (tertiary/aromatic N) is 1. The van der Waals surface area contributed by atoms with Crippen LogP contribution < -0.4 is 9.62 Å². The van der Waals surface area contributed by atoms with Crippen molar-refractivity contribution >= 4 is 15.7 Å². The quantitative estimate of drug-likeness (QED) is 0.635. The Balaban J connectivity index is 1.90. The molecule has 0 radical (unpaired) electrons. The van der Waals surface area contributed by atoms with E-state index in [1.54, 1.807) is 19.2 Å². The van der Waals surface area contributed by atoms with E-state index in [2.05, 4.69) is 12.2 Å². The predicted molar refractivity (Wildman–Crippen MR) is 113 cm³/mol. The molecule has 1 unspecified atom stereocenters. The molecule has 2 N–H and O–H groups in total. The van der Waals surface area contributed by atoms with Crippen molar-refractivity contribution < 1.29 is 13.5 Å². The smallest absolute Gasteiger partial charge is 0.264 e. The standard InChI is InChI=1S/C22H30N2O3S/c1-3-4-5-6-7-10-15-23-22-18-11-8-9-12-20(18)24(2)28(26,27)21-16-17(25)13-14-19(21)22/h8-9,11-14,16,22-23,25H,3-7,10,15H2,1-2H3. The van der Waals surface area contributed by atoms with Gasteiger partial charge in [0.1, 0.15) is 5.75 Å². The molecule has 1 aliphatic rings. The molecule has 0 saturated carbocycles. The molecule has 0 spiro atoms. The number of para-hydroxylation sites is 1. The molecule has 0 amide bonds. The number of fused-ring (bicyclic) bond motifs is 2. The van der Waals surface area contributed by atoms with E-state index in [4.69, 9.17) is 0 Å². The Morgan fingerprint density at radius 1 is 1.00 bits per heavy atom. The molecule has 0 saturated heterocycles. The number of sulfonamides is 1. The fourth-order valence-electron chi connectivity index (χ4n) is 3.82. The molecule has 0 fully saturated rings. The zero-order chi connectivity index (χ0) is 20.1. The average molecular weight is 403 g/mol. The Bertz CT molecular complexity index is 912. The van der Waals surface area contributed by atoms with E-state index < -0.39 is 10.0 Å². The number of anilines is 1. The lowest BCUT2D eigenvalue weighted by molar-refractivity contribution is 0.471. The van der Waals surface area contributed by atoms with Crippen molar-refractivity contribution in [1.82, 2.24) is 5.32 Å². The molecule has 1 heterocycles. The van der Waals surface area contributed by atoms with E-state index in [0.717, 1.165) is 18.5 Å². The number of hydrogen-bond donors (Lipinski definition) is 2. The second-order valence-electron chi connectivity index (χ2n) is 7.41. The van der Waals surface area contributed by atoms with Crippen LogP contribution in [0, 0.1) is 0 Å². The monoisotopic (exact) mass is 402 g/mol. The van der Waals surface area contributed by atoms with E-state index >= 15 is 0 Å². The average Bonchev–Trinajstić information content (AvgIpc) is 2.75. The van der Waals surface area contributed by atoms with Crippen LogP contribution in [0.15, 0.2) is 47.4 Å². The second-order valence-corrected chi connectivity index (χ2v) is 9.35. The summed E-state index contributed by atoms with van der Waals surface area (Å²) in [6.45, 7) is 3.03. The van der Waals surface area contributed by atoms with E-state index in [9.17, 15) is 13.5 Å². The minimum absolute atomic E-state index is 0.0450. The van der Waals surface area contributed by atoms with Gasteiger partial charge in [0.15, 0.2) is 0 Å². The van der Waals surface area contributed by atoms with Crippen molar-refractivity contribution in [1.29, 1.82) is 0 Å². The van der Waals surface area contributed by atoms with E-state index in [-0.39, 0.29) is 16.7 Å². The van der Waals surface area contributed by atoms with E-state index in [0.29, 0.717) is 11.3 Å². The molecule has 28 heavy (non-hydrogen) atoms. The number of phenolic OH excluding ortho intramolecular Hbond substituents is 1. The van der Waals surface area contributed by atoms with Gasteiger partial charge in [-0.15, -0.1) is 0 Å². The Morgan fingerprint density at radius 2 is 1.71 bits per heavy atom. The van der Waals surface area contributed by atoms with Crippen LogP contribution in [0.2, 0.25) is 0 Å². The molecule has 0 bridgehead atoms. The molecular formula is C22H30N2O3S. The third-order valence-corrected chi connectivity index (χ3v) is 7.24. The molecule has 3 rings (SSSR count). The van der Waals surface area contributed by atoms with Crippen LogP contribution in [0.5, 0.6) is 5.75 Å². The van der Waals surface area contributed by atoms with Crippen LogP contribution in [-0.4, -0.2) is 27.1 Å². The normalized spacial score (nSPS) is 17.6. The van der Waals surface area contributed by atoms with Crippen LogP contribution in [-0.2, 0) is 10.0 Å². The van der Waals surface area contributed by atoms with Gasteiger partial charge in [0, 0.05) is 13.1 Å². The molecule has 0 aliphatic carbocycles. The summed E-state index contributed by atoms with van der Waals surface area (Å²) < 4.78 is 27.6. The van der Waals surface area contributed by atoms with Crippen molar-refractivity contribution in [3.8, 4) is 5.75 Å². The molecule has 6 heteroatoms.